The predicted octanol–water partition coefficient (Wildman–Crippen LogP) is 0.615. The minimum Gasteiger partial charge on any atom is -0.399 e. The number of hydrogen-bond donors (Lipinski definition) is 2. The number of nitrogens with zero attached hydrogens (tertiary/aromatic N) is 1. The monoisotopic (exact) mass is 224 g/mol. The first-order valence-electron chi connectivity index (χ1n) is 5.10. The van der Waals surface area contributed by atoms with Gasteiger partial charge in [0.1, 0.15) is 5.82 Å². The number of rotatable bonds is 1. The van der Waals surface area contributed by atoms with Crippen molar-refractivity contribution in [1.82, 2.24) is 4.90 Å². The molecule has 4 nitrogen and oxygen atoms in total. The maximum atomic E-state index is 13.4. The Labute approximate surface area is 92.5 Å². The van der Waals surface area contributed by atoms with Crippen molar-refractivity contribution in [3.05, 3.63) is 29.6 Å². The third-order valence-corrected chi connectivity index (χ3v) is 2.67. The first-order valence-corrected chi connectivity index (χ1v) is 5.10. The van der Waals surface area contributed by atoms with Crippen LogP contribution in [0, 0.1) is 5.82 Å². The molecule has 0 aromatic heterocycles. The number of nitrogens with two attached hydrogens (primary N) is 1. The zero-order valence-corrected chi connectivity index (χ0v) is 8.69. The standard InChI is InChI=1S/C11H13FN2O2/c12-10-2-1-7(13)5-9(10)11(16)14-4-3-8(15)6-14/h1-2,5,8,15H,3-4,6,13H2/t8-/m1/s1. The van der Waals surface area contributed by atoms with E-state index in [0.29, 0.717) is 18.7 Å². The van der Waals surface area contributed by atoms with Crippen molar-refractivity contribution in [3.8, 4) is 0 Å². The lowest BCUT2D eigenvalue weighted by Crippen LogP contribution is -2.30. The Balaban J connectivity index is 2.23. The Hall–Kier alpha value is -1.62. The number of carbonyl (C=O) groups is 1. The maximum absolute atomic E-state index is 13.4. The second-order valence-electron chi connectivity index (χ2n) is 3.93. The summed E-state index contributed by atoms with van der Waals surface area (Å²) in [6.07, 6.45) is 0.0310. The number of β-amino-alcohol motifs (C(OH)–C–C–N with tert-alkyl or cyclic N) is 1. The summed E-state index contributed by atoms with van der Waals surface area (Å²) in [6.45, 7) is 0.710. The van der Waals surface area contributed by atoms with Gasteiger partial charge in [-0.05, 0) is 24.6 Å². The van der Waals surface area contributed by atoms with Gasteiger partial charge in [-0.3, -0.25) is 4.79 Å². The lowest BCUT2D eigenvalue weighted by molar-refractivity contribution is 0.0760. The summed E-state index contributed by atoms with van der Waals surface area (Å²) in [5.41, 5.74) is 5.82. The van der Waals surface area contributed by atoms with Crippen LogP contribution in [0.1, 0.15) is 16.8 Å². The minimum absolute atomic E-state index is 0.0332. The van der Waals surface area contributed by atoms with Crippen LogP contribution < -0.4 is 5.73 Å². The van der Waals surface area contributed by atoms with Gasteiger partial charge in [-0.1, -0.05) is 0 Å². The fourth-order valence-corrected chi connectivity index (χ4v) is 1.80. The van der Waals surface area contributed by atoms with Crippen molar-refractivity contribution in [2.24, 2.45) is 0 Å². The molecule has 1 fully saturated rings. The normalized spacial score (nSPS) is 20.1. The van der Waals surface area contributed by atoms with Crippen molar-refractivity contribution in [2.75, 3.05) is 18.8 Å². The van der Waals surface area contributed by atoms with Crippen LogP contribution in [0.15, 0.2) is 18.2 Å². The van der Waals surface area contributed by atoms with Crippen LogP contribution in [0.25, 0.3) is 0 Å². The molecule has 1 amide bonds. The summed E-state index contributed by atoms with van der Waals surface area (Å²) >= 11 is 0. The van der Waals surface area contributed by atoms with E-state index in [1.54, 1.807) is 0 Å². The largest absolute Gasteiger partial charge is 0.399 e. The Morgan fingerprint density at radius 1 is 1.56 bits per heavy atom. The van der Waals surface area contributed by atoms with E-state index in [9.17, 15) is 14.3 Å². The fourth-order valence-electron chi connectivity index (χ4n) is 1.80. The lowest BCUT2D eigenvalue weighted by Gasteiger charge is -2.16. The van der Waals surface area contributed by atoms with E-state index in [1.807, 2.05) is 0 Å². The average molecular weight is 224 g/mol. The number of aliphatic hydroxyl groups excluding tert-OH is 1. The Bertz CT molecular complexity index is 422. The van der Waals surface area contributed by atoms with Gasteiger partial charge in [0.05, 0.1) is 11.7 Å². The summed E-state index contributed by atoms with van der Waals surface area (Å²) in [5, 5.41) is 9.31. The number of halogens is 1. The molecule has 1 saturated heterocycles. The van der Waals surface area contributed by atoms with E-state index < -0.39 is 17.8 Å². The minimum atomic E-state index is -0.583. The Morgan fingerprint density at radius 3 is 2.94 bits per heavy atom. The lowest BCUT2D eigenvalue weighted by atomic mass is 10.1. The van der Waals surface area contributed by atoms with Gasteiger partial charge in [0, 0.05) is 18.8 Å². The molecular formula is C11H13FN2O2. The van der Waals surface area contributed by atoms with Gasteiger partial charge in [0.2, 0.25) is 0 Å². The van der Waals surface area contributed by atoms with Crippen LogP contribution >= 0.6 is 0 Å². The zero-order valence-electron chi connectivity index (χ0n) is 8.69. The van der Waals surface area contributed by atoms with E-state index >= 15 is 0 Å². The summed E-state index contributed by atoms with van der Waals surface area (Å²) in [6, 6.07) is 3.91. The summed E-state index contributed by atoms with van der Waals surface area (Å²) in [4.78, 5) is 13.3. The van der Waals surface area contributed by atoms with Crippen LogP contribution in [-0.2, 0) is 0 Å². The Morgan fingerprint density at radius 2 is 2.31 bits per heavy atom. The maximum Gasteiger partial charge on any atom is 0.256 e. The van der Waals surface area contributed by atoms with Gasteiger partial charge in [0.15, 0.2) is 0 Å². The molecule has 86 valence electrons. The van der Waals surface area contributed by atoms with Crippen LogP contribution in [0.4, 0.5) is 10.1 Å². The molecule has 0 bridgehead atoms. The summed E-state index contributed by atoms with van der Waals surface area (Å²) in [5.74, 6) is -0.998. The molecule has 1 aliphatic heterocycles. The second kappa shape index (κ2) is 4.09. The van der Waals surface area contributed by atoms with Gasteiger partial charge >= 0.3 is 0 Å². The fraction of sp³-hybridized carbons (Fsp3) is 0.364. The highest BCUT2D eigenvalue weighted by atomic mass is 19.1. The topological polar surface area (TPSA) is 66.6 Å². The van der Waals surface area contributed by atoms with Crippen molar-refractivity contribution in [2.45, 2.75) is 12.5 Å². The molecule has 1 aromatic rings. The molecule has 2 rings (SSSR count). The molecule has 1 aliphatic rings. The predicted molar refractivity (Wildman–Crippen MR) is 57.3 cm³/mol. The summed E-state index contributed by atoms with van der Waals surface area (Å²) in [7, 11) is 0. The molecular weight excluding hydrogens is 211 g/mol. The smallest absolute Gasteiger partial charge is 0.256 e. The van der Waals surface area contributed by atoms with Crippen LogP contribution in [-0.4, -0.2) is 35.1 Å². The molecule has 0 unspecified atom stereocenters. The van der Waals surface area contributed by atoms with Crippen molar-refractivity contribution in [3.63, 3.8) is 0 Å². The molecule has 1 aromatic carbocycles. The van der Waals surface area contributed by atoms with Crippen molar-refractivity contribution >= 4 is 11.6 Å². The number of anilines is 1. The molecule has 3 N–H and O–H groups in total. The Kier molecular flexibility index (Phi) is 2.78. The van der Waals surface area contributed by atoms with Gasteiger partial charge in [0.25, 0.3) is 5.91 Å². The van der Waals surface area contributed by atoms with Crippen LogP contribution in [0.2, 0.25) is 0 Å². The SMILES string of the molecule is Nc1ccc(F)c(C(=O)N2CC[C@@H](O)C2)c1. The van der Waals surface area contributed by atoms with E-state index in [4.69, 9.17) is 5.73 Å². The number of carbonyl (C=O) groups excluding carboxylic acids is 1. The third kappa shape index (κ3) is 1.99. The first-order chi connectivity index (χ1) is 7.58. The van der Waals surface area contributed by atoms with E-state index in [0.717, 1.165) is 0 Å². The van der Waals surface area contributed by atoms with Crippen LogP contribution in [0.3, 0.4) is 0 Å². The van der Waals surface area contributed by atoms with E-state index in [-0.39, 0.29) is 12.1 Å². The molecule has 16 heavy (non-hydrogen) atoms. The molecule has 0 spiro atoms. The molecule has 0 radical (unpaired) electrons. The van der Waals surface area contributed by atoms with Gasteiger partial charge in [-0.2, -0.15) is 0 Å². The van der Waals surface area contributed by atoms with Crippen LogP contribution in [0.5, 0.6) is 0 Å². The number of likely N-dealkylation sites (tertiary alicyclic amines) is 1. The molecule has 1 heterocycles. The number of amides is 1. The highest BCUT2D eigenvalue weighted by Crippen LogP contribution is 2.17. The molecule has 5 heteroatoms. The quantitative estimate of drug-likeness (QED) is 0.687. The zero-order chi connectivity index (χ0) is 11.7. The molecule has 0 aliphatic carbocycles. The summed E-state index contributed by atoms with van der Waals surface area (Å²) < 4.78 is 13.4. The molecule has 0 saturated carbocycles. The number of hydrogen-bond acceptors (Lipinski definition) is 3. The third-order valence-electron chi connectivity index (χ3n) is 2.67. The van der Waals surface area contributed by atoms with E-state index in [1.165, 1.54) is 23.1 Å². The molecule has 1 atom stereocenters. The highest BCUT2D eigenvalue weighted by molar-refractivity contribution is 5.95. The second-order valence-corrected chi connectivity index (χ2v) is 3.93. The van der Waals surface area contributed by atoms with Crippen molar-refractivity contribution < 1.29 is 14.3 Å². The highest BCUT2D eigenvalue weighted by Gasteiger charge is 2.26. The average Bonchev–Trinajstić information content (AvgIpc) is 2.67. The first kappa shape index (κ1) is 10.9. The van der Waals surface area contributed by atoms with Gasteiger partial charge < -0.3 is 15.7 Å². The van der Waals surface area contributed by atoms with Gasteiger partial charge in [-0.25, -0.2) is 4.39 Å². The van der Waals surface area contributed by atoms with E-state index in [2.05, 4.69) is 0 Å². The number of benzene rings is 1. The number of aliphatic hydroxyl groups is 1. The number of nitrogen functional groups attached to an aromatic ring is 1. The van der Waals surface area contributed by atoms with Crippen molar-refractivity contribution in [1.29, 1.82) is 0 Å². The van der Waals surface area contributed by atoms with Gasteiger partial charge in [-0.15, -0.1) is 0 Å².